The van der Waals surface area contributed by atoms with Gasteiger partial charge in [0, 0.05) is 23.9 Å². The van der Waals surface area contributed by atoms with Gasteiger partial charge in [-0.25, -0.2) is 9.37 Å². The highest BCUT2D eigenvalue weighted by Crippen LogP contribution is 2.36. The molecule has 0 aromatic carbocycles. The molecule has 1 saturated carbocycles. The third-order valence-electron chi connectivity index (χ3n) is 6.58. The van der Waals surface area contributed by atoms with Gasteiger partial charge in [-0.2, -0.15) is 5.10 Å². The number of pyridine rings is 3. The lowest BCUT2D eigenvalue weighted by Gasteiger charge is -2.07. The van der Waals surface area contributed by atoms with Crippen LogP contribution in [-0.4, -0.2) is 46.8 Å². The Kier molecular flexibility index (Phi) is 5.30. The number of rotatable bonds is 6. The molecule has 6 aromatic rings. The first-order chi connectivity index (χ1) is 19.0. The second-order valence-corrected chi connectivity index (χ2v) is 10.5. The topological polar surface area (TPSA) is 142 Å². The van der Waals surface area contributed by atoms with E-state index in [9.17, 15) is 9.59 Å². The normalized spacial score (nSPS) is 13.3. The number of thiophene rings is 1. The van der Waals surface area contributed by atoms with E-state index in [1.807, 2.05) is 6.07 Å². The van der Waals surface area contributed by atoms with E-state index in [1.165, 1.54) is 36.9 Å². The average Bonchev–Trinajstić information content (AvgIpc) is 3.32. The van der Waals surface area contributed by atoms with Gasteiger partial charge in [0.1, 0.15) is 22.6 Å². The molecule has 10 nitrogen and oxygen atoms in total. The van der Waals surface area contributed by atoms with Crippen molar-refractivity contribution in [1.29, 1.82) is 0 Å². The molecule has 6 heterocycles. The molecule has 192 valence electrons. The lowest BCUT2D eigenvalue weighted by Crippen LogP contribution is -2.13. The van der Waals surface area contributed by atoms with Gasteiger partial charge in [0.05, 0.1) is 44.3 Å². The van der Waals surface area contributed by atoms with Crippen molar-refractivity contribution >= 4 is 50.7 Å². The number of halogens is 1. The Hall–Kier alpha value is -4.84. The SMILES string of the molecule is CC(=O)c1ccc(-c2nccc3[nH]c(-c4n[nH]c5cnc(-c6cncc(NC(=O)C7CC7)c6)c(F)c45)nc23)s1. The lowest BCUT2D eigenvalue weighted by atomic mass is 10.1. The number of fused-ring (bicyclic) bond motifs is 2. The first-order valence-corrected chi connectivity index (χ1v) is 13.0. The summed E-state index contributed by atoms with van der Waals surface area (Å²) >= 11 is 1.34. The minimum atomic E-state index is -0.591. The number of carbonyl (C=O) groups excluding carboxylic acids is 2. The summed E-state index contributed by atoms with van der Waals surface area (Å²) in [7, 11) is 0. The number of Topliss-reactive ketones (excluding diaryl/α,β-unsaturated/α-hetero) is 1. The van der Waals surface area contributed by atoms with Crippen molar-refractivity contribution in [2.24, 2.45) is 5.92 Å². The van der Waals surface area contributed by atoms with Crippen LogP contribution in [0.15, 0.2) is 49.1 Å². The van der Waals surface area contributed by atoms with Gasteiger partial charge in [-0.1, -0.05) is 0 Å². The highest BCUT2D eigenvalue weighted by molar-refractivity contribution is 7.17. The number of H-pyrrole nitrogens is 2. The maximum absolute atomic E-state index is 16.0. The molecule has 0 saturated heterocycles. The van der Waals surface area contributed by atoms with Gasteiger partial charge in [0.2, 0.25) is 5.91 Å². The van der Waals surface area contributed by atoms with Gasteiger partial charge in [-0.15, -0.1) is 11.3 Å². The van der Waals surface area contributed by atoms with Crippen LogP contribution < -0.4 is 5.32 Å². The van der Waals surface area contributed by atoms with Crippen molar-refractivity contribution in [2.45, 2.75) is 19.8 Å². The molecular weight excluding hydrogens is 519 g/mol. The predicted molar refractivity (Wildman–Crippen MR) is 145 cm³/mol. The number of ketones is 1. The van der Waals surface area contributed by atoms with Crippen molar-refractivity contribution in [2.75, 3.05) is 5.32 Å². The Labute approximate surface area is 223 Å². The molecule has 1 aliphatic carbocycles. The lowest BCUT2D eigenvalue weighted by molar-refractivity contribution is -0.117. The van der Waals surface area contributed by atoms with Gasteiger partial charge < -0.3 is 10.3 Å². The summed E-state index contributed by atoms with van der Waals surface area (Å²) in [4.78, 5) is 46.3. The molecule has 0 radical (unpaired) electrons. The monoisotopic (exact) mass is 538 g/mol. The fourth-order valence-electron chi connectivity index (χ4n) is 4.46. The van der Waals surface area contributed by atoms with Crippen LogP contribution >= 0.6 is 11.3 Å². The largest absolute Gasteiger partial charge is 0.336 e. The van der Waals surface area contributed by atoms with Crippen LogP contribution in [0.25, 0.3) is 55.3 Å². The molecule has 12 heteroatoms. The van der Waals surface area contributed by atoms with Crippen LogP contribution in [0, 0.1) is 11.7 Å². The molecule has 7 rings (SSSR count). The predicted octanol–water partition coefficient (Wildman–Crippen LogP) is 5.38. The molecular formula is C27H19FN8O2S. The summed E-state index contributed by atoms with van der Waals surface area (Å²) in [6.45, 7) is 1.52. The summed E-state index contributed by atoms with van der Waals surface area (Å²) in [5.74, 6) is -0.284. The van der Waals surface area contributed by atoms with Crippen LogP contribution in [0.2, 0.25) is 0 Å². The zero-order valence-corrected chi connectivity index (χ0v) is 21.3. The smallest absolute Gasteiger partial charge is 0.227 e. The number of hydrogen-bond acceptors (Lipinski definition) is 8. The molecule has 1 aliphatic rings. The molecule has 1 fully saturated rings. The molecule has 0 aliphatic heterocycles. The number of aromatic nitrogens is 7. The van der Waals surface area contributed by atoms with Crippen molar-refractivity contribution in [3.63, 3.8) is 0 Å². The maximum atomic E-state index is 16.0. The number of amides is 1. The van der Waals surface area contributed by atoms with Crippen LogP contribution in [-0.2, 0) is 4.79 Å². The molecule has 0 unspecified atom stereocenters. The van der Waals surface area contributed by atoms with Crippen molar-refractivity contribution in [3.05, 3.63) is 59.7 Å². The fraction of sp³-hybridized carbons (Fsp3) is 0.148. The molecule has 6 aromatic heterocycles. The van der Waals surface area contributed by atoms with Crippen molar-refractivity contribution in [1.82, 2.24) is 35.1 Å². The zero-order chi connectivity index (χ0) is 26.7. The van der Waals surface area contributed by atoms with Gasteiger partial charge in [-0.05, 0) is 44.0 Å². The number of nitrogens with zero attached hydrogens (tertiary/aromatic N) is 5. The van der Waals surface area contributed by atoms with Crippen molar-refractivity contribution < 1.29 is 14.0 Å². The van der Waals surface area contributed by atoms with E-state index in [0.29, 0.717) is 44.2 Å². The Balaban J connectivity index is 1.30. The zero-order valence-electron chi connectivity index (χ0n) is 20.4. The first kappa shape index (κ1) is 23.3. The highest BCUT2D eigenvalue weighted by Gasteiger charge is 2.30. The van der Waals surface area contributed by atoms with Crippen LogP contribution in [0.5, 0.6) is 0 Å². The fourth-order valence-corrected chi connectivity index (χ4v) is 5.36. The maximum Gasteiger partial charge on any atom is 0.227 e. The first-order valence-electron chi connectivity index (χ1n) is 12.2. The summed E-state index contributed by atoms with van der Waals surface area (Å²) in [6, 6.07) is 7.04. The minimum absolute atomic E-state index is 0.0185. The average molecular weight is 539 g/mol. The van der Waals surface area contributed by atoms with E-state index in [0.717, 1.165) is 17.7 Å². The van der Waals surface area contributed by atoms with E-state index in [2.05, 4.69) is 35.5 Å². The summed E-state index contributed by atoms with van der Waals surface area (Å²) in [5, 5.41) is 10.2. The van der Waals surface area contributed by atoms with E-state index < -0.39 is 5.82 Å². The van der Waals surface area contributed by atoms with E-state index >= 15 is 4.39 Å². The standard InChI is InChI=1S/C27H19FN8O2S/c1-12(37)18-4-5-19(39-18)24-23-16(6-7-30-24)33-26(34-23)25-20-17(35-36-25)11-31-22(21(20)28)14-8-15(10-29-9-14)32-27(38)13-2-3-13/h4-11,13H,2-3H2,1H3,(H,32,38)(H,33,34)(H,35,36). The Morgan fingerprint density at radius 3 is 2.72 bits per heavy atom. The number of imidazole rings is 1. The molecule has 0 bridgehead atoms. The Bertz CT molecular complexity index is 1940. The second-order valence-electron chi connectivity index (χ2n) is 9.37. The van der Waals surface area contributed by atoms with Gasteiger partial charge >= 0.3 is 0 Å². The van der Waals surface area contributed by atoms with E-state index in [4.69, 9.17) is 4.98 Å². The van der Waals surface area contributed by atoms with E-state index in [-0.39, 0.29) is 34.4 Å². The summed E-state index contributed by atoms with van der Waals surface area (Å²) < 4.78 is 16.0. The summed E-state index contributed by atoms with van der Waals surface area (Å²) in [5.41, 5.74) is 3.57. The third kappa shape index (κ3) is 4.05. The number of aromatic amines is 2. The van der Waals surface area contributed by atoms with E-state index in [1.54, 1.807) is 24.4 Å². The molecule has 0 spiro atoms. The van der Waals surface area contributed by atoms with Crippen LogP contribution in [0.4, 0.5) is 10.1 Å². The molecule has 0 atom stereocenters. The van der Waals surface area contributed by atoms with Gasteiger partial charge in [-0.3, -0.25) is 29.6 Å². The summed E-state index contributed by atoms with van der Waals surface area (Å²) in [6.07, 6.45) is 7.93. The Morgan fingerprint density at radius 2 is 1.92 bits per heavy atom. The van der Waals surface area contributed by atoms with Crippen molar-refractivity contribution in [3.8, 4) is 33.3 Å². The third-order valence-corrected chi connectivity index (χ3v) is 7.78. The highest BCUT2D eigenvalue weighted by atomic mass is 32.1. The van der Waals surface area contributed by atoms with Crippen LogP contribution in [0.3, 0.4) is 0 Å². The number of carbonyl (C=O) groups is 2. The Morgan fingerprint density at radius 1 is 1.05 bits per heavy atom. The quantitative estimate of drug-likeness (QED) is 0.242. The number of anilines is 1. The minimum Gasteiger partial charge on any atom is -0.336 e. The van der Waals surface area contributed by atoms with Gasteiger partial charge in [0.15, 0.2) is 17.4 Å². The molecule has 1 amide bonds. The van der Waals surface area contributed by atoms with Crippen LogP contribution in [0.1, 0.15) is 29.4 Å². The molecule has 39 heavy (non-hydrogen) atoms. The number of hydrogen-bond donors (Lipinski definition) is 3. The number of nitrogens with one attached hydrogen (secondary N) is 3. The second kappa shape index (κ2) is 8.88. The molecule has 3 N–H and O–H groups in total. The van der Waals surface area contributed by atoms with Gasteiger partial charge in [0.25, 0.3) is 0 Å².